The molecule has 4 rings (SSSR count). The van der Waals surface area contributed by atoms with Crippen molar-refractivity contribution in [3.8, 4) is 0 Å². The first-order chi connectivity index (χ1) is 14.5. The Morgan fingerprint density at radius 2 is 1.53 bits per heavy atom. The van der Waals surface area contributed by atoms with Gasteiger partial charge in [-0.15, -0.1) is 0 Å². The molecule has 1 saturated heterocycles. The number of hydrogen-bond donors (Lipinski definition) is 0. The molecule has 1 aliphatic rings. The predicted molar refractivity (Wildman–Crippen MR) is 120 cm³/mol. The highest BCUT2D eigenvalue weighted by molar-refractivity contribution is 5.94. The van der Waals surface area contributed by atoms with Crippen LogP contribution in [-0.2, 0) is 6.42 Å². The van der Waals surface area contributed by atoms with Gasteiger partial charge in [-0.3, -0.25) is 4.79 Å². The van der Waals surface area contributed by atoms with Crippen LogP contribution in [-0.4, -0.2) is 47.0 Å². The number of hydrogen-bond acceptors (Lipinski definition) is 4. The average molecular weight is 401 g/mol. The Morgan fingerprint density at radius 1 is 0.867 bits per heavy atom. The molecule has 30 heavy (non-hydrogen) atoms. The van der Waals surface area contributed by atoms with Gasteiger partial charge in [-0.1, -0.05) is 48.0 Å². The Labute approximate surface area is 178 Å². The third kappa shape index (κ3) is 4.35. The Morgan fingerprint density at radius 3 is 2.20 bits per heavy atom. The second-order valence-corrected chi connectivity index (χ2v) is 7.97. The molecule has 1 amide bonds. The van der Waals surface area contributed by atoms with Crippen molar-refractivity contribution in [1.82, 2.24) is 14.9 Å². The zero-order valence-electron chi connectivity index (χ0n) is 17.9. The van der Waals surface area contributed by atoms with Crippen molar-refractivity contribution >= 4 is 11.7 Å². The fourth-order valence-electron chi connectivity index (χ4n) is 3.99. The SMILES string of the molecule is Cc1ccc(C(=O)N2CCN(c3nc(C)nc(C)c3Cc3ccccc3)CC2)cc1. The van der Waals surface area contributed by atoms with Crippen LogP contribution in [0.1, 0.15) is 38.6 Å². The summed E-state index contributed by atoms with van der Waals surface area (Å²) < 4.78 is 0. The van der Waals surface area contributed by atoms with Crippen molar-refractivity contribution in [2.24, 2.45) is 0 Å². The minimum absolute atomic E-state index is 0.106. The molecule has 0 aliphatic carbocycles. The number of carbonyl (C=O) groups excluding carboxylic acids is 1. The number of aryl methyl sites for hydroxylation is 3. The molecular formula is C25H28N4O. The van der Waals surface area contributed by atoms with Crippen molar-refractivity contribution in [2.75, 3.05) is 31.1 Å². The highest BCUT2D eigenvalue weighted by Gasteiger charge is 2.25. The van der Waals surface area contributed by atoms with Gasteiger partial charge >= 0.3 is 0 Å². The minimum atomic E-state index is 0.106. The number of carbonyl (C=O) groups is 1. The number of benzene rings is 2. The first-order valence-corrected chi connectivity index (χ1v) is 10.5. The second kappa shape index (κ2) is 8.66. The molecule has 1 fully saturated rings. The average Bonchev–Trinajstić information content (AvgIpc) is 2.76. The maximum absolute atomic E-state index is 12.9. The predicted octanol–water partition coefficient (Wildman–Crippen LogP) is 3.96. The first-order valence-electron chi connectivity index (χ1n) is 10.5. The molecule has 1 aliphatic heterocycles. The molecule has 0 saturated carbocycles. The van der Waals surface area contributed by atoms with Gasteiger partial charge in [0.15, 0.2) is 0 Å². The van der Waals surface area contributed by atoms with Crippen molar-refractivity contribution in [3.63, 3.8) is 0 Å². The zero-order valence-corrected chi connectivity index (χ0v) is 17.9. The molecule has 0 unspecified atom stereocenters. The number of aromatic nitrogens is 2. The van der Waals surface area contributed by atoms with Gasteiger partial charge < -0.3 is 9.80 Å². The molecule has 0 atom stereocenters. The van der Waals surface area contributed by atoms with E-state index in [4.69, 9.17) is 4.98 Å². The molecule has 5 heteroatoms. The van der Waals surface area contributed by atoms with Crippen LogP contribution < -0.4 is 4.90 Å². The largest absolute Gasteiger partial charge is 0.353 e. The van der Waals surface area contributed by atoms with E-state index in [0.29, 0.717) is 13.1 Å². The number of amides is 1. The molecule has 5 nitrogen and oxygen atoms in total. The molecular weight excluding hydrogens is 372 g/mol. The van der Waals surface area contributed by atoms with Crippen molar-refractivity contribution < 1.29 is 4.79 Å². The van der Waals surface area contributed by atoms with Crippen molar-refractivity contribution in [2.45, 2.75) is 27.2 Å². The van der Waals surface area contributed by atoms with Gasteiger partial charge in [0.2, 0.25) is 0 Å². The number of nitrogens with zero attached hydrogens (tertiary/aromatic N) is 4. The van der Waals surface area contributed by atoms with Crippen LogP contribution in [0.15, 0.2) is 54.6 Å². The molecule has 0 spiro atoms. The molecule has 3 aromatic rings. The van der Waals surface area contributed by atoms with Crippen LogP contribution in [0.2, 0.25) is 0 Å². The lowest BCUT2D eigenvalue weighted by Crippen LogP contribution is -2.49. The van der Waals surface area contributed by atoms with Crippen LogP contribution in [0.5, 0.6) is 0 Å². The summed E-state index contributed by atoms with van der Waals surface area (Å²) in [5, 5.41) is 0. The summed E-state index contributed by atoms with van der Waals surface area (Å²) in [5.41, 5.74) is 5.37. The van der Waals surface area contributed by atoms with Crippen LogP contribution >= 0.6 is 0 Å². The van der Waals surface area contributed by atoms with Crippen LogP contribution in [0, 0.1) is 20.8 Å². The summed E-state index contributed by atoms with van der Waals surface area (Å²) in [6, 6.07) is 18.3. The monoisotopic (exact) mass is 400 g/mol. The highest BCUT2D eigenvalue weighted by atomic mass is 16.2. The standard InChI is InChI=1S/C25H28N4O/c1-18-9-11-22(12-10-18)25(30)29-15-13-28(14-16-29)24-23(19(2)26-20(3)27-24)17-21-7-5-4-6-8-21/h4-12H,13-17H2,1-3H3. The van der Waals surface area contributed by atoms with E-state index in [0.717, 1.165) is 48.0 Å². The summed E-state index contributed by atoms with van der Waals surface area (Å²) >= 11 is 0. The quantitative estimate of drug-likeness (QED) is 0.665. The Balaban J connectivity index is 1.51. The van der Waals surface area contributed by atoms with Gasteiger partial charge in [0.05, 0.1) is 0 Å². The summed E-state index contributed by atoms with van der Waals surface area (Å²) in [4.78, 5) is 26.5. The molecule has 1 aromatic heterocycles. The van der Waals surface area contributed by atoms with E-state index in [2.05, 4.69) is 41.1 Å². The summed E-state index contributed by atoms with van der Waals surface area (Å²) in [6.45, 7) is 8.98. The van der Waals surface area contributed by atoms with E-state index in [9.17, 15) is 4.79 Å². The van der Waals surface area contributed by atoms with Crippen LogP contribution in [0.4, 0.5) is 5.82 Å². The van der Waals surface area contributed by atoms with Crippen molar-refractivity contribution in [1.29, 1.82) is 0 Å². The van der Waals surface area contributed by atoms with Gasteiger partial charge in [0.1, 0.15) is 11.6 Å². The summed E-state index contributed by atoms with van der Waals surface area (Å²) in [7, 11) is 0. The molecule has 0 N–H and O–H groups in total. The summed E-state index contributed by atoms with van der Waals surface area (Å²) in [5.74, 6) is 1.90. The molecule has 2 heterocycles. The van der Waals surface area contributed by atoms with Crippen molar-refractivity contribution in [3.05, 3.63) is 88.4 Å². The third-order valence-corrected chi connectivity index (χ3v) is 5.69. The Hall–Kier alpha value is -3.21. The number of piperazine rings is 1. The van der Waals surface area contributed by atoms with Gasteiger partial charge in [0, 0.05) is 49.4 Å². The lowest BCUT2D eigenvalue weighted by atomic mass is 10.0. The van der Waals surface area contributed by atoms with E-state index in [1.54, 1.807) is 0 Å². The van der Waals surface area contributed by atoms with Gasteiger partial charge in [0.25, 0.3) is 5.91 Å². The lowest BCUT2D eigenvalue weighted by molar-refractivity contribution is 0.0746. The first kappa shape index (κ1) is 20.1. The number of anilines is 1. The van der Waals surface area contributed by atoms with Gasteiger partial charge in [-0.25, -0.2) is 9.97 Å². The Kier molecular flexibility index (Phi) is 5.79. The fourth-order valence-corrected chi connectivity index (χ4v) is 3.99. The highest BCUT2D eigenvalue weighted by Crippen LogP contribution is 2.25. The maximum atomic E-state index is 12.9. The second-order valence-electron chi connectivity index (χ2n) is 7.97. The topological polar surface area (TPSA) is 49.3 Å². The third-order valence-electron chi connectivity index (χ3n) is 5.69. The van der Waals surface area contributed by atoms with Crippen LogP contribution in [0.3, 0.4) is 0 Å². The molecule has 154 valence electrons. The maximum Gasteiger partial charge on any atom is 0.253 e. The smallest absolute Gasteiger partial charge is 0.253 e. The van der Waals surface area contributed by atoms with E-state index in [1.165, 1.54) is 11.1 Å². The van der Waals surface area contributed by atoms with E-state index in [-0.39, 0.29) is 5.91 Å². The summed E-state index contributed by atoms with van der Waals surface area (Å²) in [6.07, 6.45) is 0.810. The van der Waals surface area contributed by atoms with E-state index in [1.807, 2.05) is 49.1 Å². The minimum Gasteiger partial charge on any atom is -0.353 e. The molecule has 0 bridgehead atoms. The molecule has 2 aromatic carbocycles. The zero-order chi connectivity index (χ0) is 21.1. The number of rotatable bonds is 4. The molecule has 0 radical (unpaired) electrons. The fraction of sp³-hybridized carbons (Fsp3) is 0.320. The van der Waals surface area contributed by atoms with Crippen LogP contribution in [0.25, 0.3) is 0 Å². The van der Waals surface area contributed by atoms with E-state index < -0.39 is 0 Å². The van der Waals surface area contributed by atoms with Gasteiger partial charge in [-0.2, -0.15) is 0 Å². The van der Waals surface area contributed by atoms with Gasteiger partial charge in [-0.05, 0) is 38.5 Å². The normalized spacial score (nSPS) is 14.1. The van der Waals surface area contributed by atoms with E-state index >= 15 is 0 Å². The lowest BCUT2D eigenvalue weighted by Gasteiger charge is -2.36. The Bertz CT molecular complexity index is 1020.